The van der Waals surface area contributed by atoms with Crippen LogP contribution in [0.3, 0.4) is 0 Å². The molecule has 2 N–H and O–H groups in total. The number of carbonyl (C=O) groups excluding carboxylic acids is 1. The number of aliphatic carboxylic acids is 1. The number of nitrogens with one attached hydrogen (secondary N) is 1. The highest BCUT2D eigenvalue weighted by Gasteiger charge is 2.48. The Hall–Kier alpha value is -1.10. The molecule has 0 aromatic heterocycles. The quantitative estimate of drug-likeness (QED) is 0.725. The molecular weight excluding hydrogens is 220 g/mol. The molecule has 17 heavy (non-hydrogen) atoms. The van der Waals surface area contributed by atoms with Crippen molar-refractivity contribution in [3.63, 3.8) is 0 Å². The molecule has 2 fully saturated rings. The van der Waals surface area contributed by atoms with Gasteiger partial charge >= 0.3 is 5.97 Å². The van der Waals surface area contributed by atoms with Crippen LogP contribution in [0.5, 0.6) is 0 Å². The molecule has 2 aliphatic rings. The Kier molecular flexibility index (Phi) is 3.99. The van der Waals surface area contributed by atoms with Crippen molar-refractivity contribution in [1.29, 1.82) is 0 Å². The Morgan fingerprint density at radius 2 is 1.88 bits per heavy atom. The van der Waals surface area contributed by atoms with E-state index in [1.165, 1.54) is 19.3 Å². The van der Waals surface area contributed by atoms with E-state index in [2.05, 4.69) is 10.2 Å². The van der Waals surface area contributed by atoms with Gasteiger partial charge in [0.25, 0.3) is 0 Å². The second-order valence-corrected chi connectivity index (χ2v) is 4.98. The number of carboxylic acids is 1. The third-order valence-electron chi connectivity index (χ3n) is 3.62. The molecule has 5 nitrogen and oxygen atoms in total. The zero-order chi connectivity index (χ0) is 12.3. The average molecular weight is 240 g/mol. The Bertz CT molecular complexity index is 300. The van der Waals surface area contributed by atoms with Gasteiger partial charge in [0.1, 0.15) is 0 Å². The maximum atomic E-state index is 11.6. The summed E-state index contributed by atoms with van der Waals surface area (Å²) in [4.78, 5) is 24.5. The van der Waals surface area contributed by atoms with E-state index in [1.807, 2.05) is 0 Å². The smallest absolute Gasteiger partial charge is 0.307 e. The number of piperidine rings is 1. The summed E-state index contributed by atoms with van der Waals surface area (Å²) in [5.74, 6) is -1.66. The van der Waals surface area contributed by atoms with Crippen LogP contribution in [0.4, 0.5) is 0 Å². The van der Waals surface area contributed by atoms with Crippen molar-refractivity contribution in [3.8, 4) is 0 Å². The zero-order valence-electron chi connectivity index (χ0n) is 10.0. The predicted molar refractivity (Wildman–Crippen MR) is 62.5 cm³/mol. The fourth-order valence-electron chi connectivity index (χ4n) is 2.41. The van der Waals surface area contributed by atoms with Gasteiger partial charge in [-0.15, -0.1) is 0 Å². The summed E-state index contributed by atoms with van der Waals surface area (Å²) >= 11 is 0. The van der Waals surface area contributed by atoms with Crippen LogP contribution in [0.2, 0.25) is 0 Å². The van der Waals surface area contributed by atoms with Crippen LogP contribution in [0.15, 0.2) is 0 Å². The third-order valence-corrected chi connectivity index (χ3v) is 3.62. The van der Waals surface area contributed by atoms with Crippen LogP contribution < -0.4 is 5.32 Å². The van der Waals surface area contributed by atoms with Crippen molar-refractivity contribution in [2.45, 2.75) is 25.7 Å². The summed E-state index contributed by atoms with van der Waals surface area (Å²) in [5.41, 5.74) is 0. The van der Waals surface area contributed by atoms with E-state index in [0.29, 0.717) is 13.0 Å². The number of carboxylic acid groups (broad SMARTS) is 1. The van der Waals surface area contributed by atoms with Crippen molar-refractivity contribution in [3.05, 3.63) is 0 Å². The highest BCUT2D eigenvalue weighted by Crippen LogP contribution is 2.38. The van der Waals surface area contributed by atoms with E-state index in [9.17, 15) is 9.59 Å². The molecule has 1 aliphatic heterocycles. The summed E-state index contributed by atoms with van der Waals surface area (Å²) in [6.45, 7) is 3.77. The molecule has 0 aromatic rings. The lowest BCUT2D eigenvalue weighted by Crippen LogP contribution is -2.38. The van der Waals surface area contributed by atoms with Crippen molar-refractivity contribution >= 4 is 11.9 Å². The normalized spacial score (nSPS) is 28.7. The fraction of sp³-hybridized carbons (Fsp3) is 0.833. The number of rotatable bonds is 5. The van der Waals surface area contributed by atoms with Gasteiger partial charge < -0.3 is 15.3 Å². The van der Waals surface area contributed by atoms with Crippen molar-refractivity contribution in [2.75, 3.05) is 26.2 Å². The minimum atomic E-state index is -0.846. The molecule has 1 heterocycles. The van der Waals surface area contributed by atoms with Crippen molar-refractivity contribution in [2.24, 2.45) is 11.8 Å². The molecule has 0 bridgehead atoms. The van der Waals surface area contributed by atoms with E-state index >= 15 is 0 Å². The molecule has 96 valence electrons. The van der Waals surface area contributed by atoms with E-state index in [-0.39, 0.29) is 11.8 Å². The van der Waals surface area contributed by atoms with Crippen molar-refractivity contribution < 1.29 is 14.7 Å². The Labute approximate surface area is 101 Å². The molecule has 1 saturated carbocycles. The fourth-order valence-corrected chi connectivity index (χ4v) is 2.41. The first-order chi connectivity index (χ1) is 8.18. The zero-order valence-corrected chi connectivity index (χ0v) is 10.0. The monoisotopic (exact) mass is 240 g/mol. The van der Waals surface area contributed by atoms with Gasteiger partial charge in [-0.3, -0.25) is 9.59 Å². The van der Waals surface area contributed by atoms with E-state index < -0.39 is 11.9 Å². The lowest BCUT2D eigenvalue weighted by atomic mass is 10.1. The highest BCUT2D eigenvalue weighted by atomic mass is 16.4. The van der Waals surface area contributed by atoms with Gasteiger partial charge in [0, 0.05) is 13.1 Å². The maximum Gasteiger partial charge on any atom is 0.307 e. The number of hydrogen-bond donors (Lipinski definition) is 2. The summed E-state index contributed by atoms with van der Waals surface area (Å²) in [7, 11) is 0. The van der Waals surface area contributed by atoms with Crippen LogP contribution in [-0.4, -0.2) is 48.1 Å². The number of hydrogen-bond acceptors (Lipinski definition) is 3. The van der Waals surface area contributed by atoms with Gasteiger partial charge in [-0.1, -0.05) is 6.42 Å². The van der Waals surface area contributed by atoms with Crippen LogP contribution in [0, 0.1) is 11.8 Å². The lowest BCUT2D eigenvalue weighted by Gasteiger charge is -2.26. The van der Waals surface area contributed by atoms with E-state index in [0.717, 1.165) is 19.6 Å². The second kappa shape index (κ2) is 5.49. The van der Waals surface area contributed by atoms with Gasteiger partial charge in [-0.25, -0.2) is 0 Å². The molecule has 0 aromatic carbocycles. The Balaban J connectivity index is 1.59. The van der Waals surface area contributed by atoms with E-state index in [1.54, 1.807) is 0 Å². The molecule has 2 rings (SSSR count). The summed E-state index contributed by atoms with van der Waals surface area (Å²) < 4.78 is 0. The minimum absolute atomic E-state index is 0.0885. The first-order valence-corrected chi connectivity index (χ1v) is 6.41. The van der Waals surface area contributed by atoms with Gasteiger partial charge in [-0.2, -0.15) is 0 Å². The number of nitrogens with zero attached hydrogens (tertiary/aromatic N) is 1. The third kappa shape index (κ3) is 3.43. The number of likely N-dealkylation sites (tertiary alicyclic amines) is 1. The summed E-state index contributed by atoms with van der Waals surface area (Å²) in [6, 6.07) is 0. The van der Waals surface area contributed by atoms with E-state index in [4.69, 9.17) is 5.11 Å². The van der Waals surface area contributed by atoms with Gasteiger partial charge in [0.2, 0.25) is 5.91 Å². The molecule has 1 saturated heterocycles. The Morgan fingerprint density at radius 1 is 1.18 bits per heavy atom. The second-order valence-electron chi connectivity index (χ2n) is 4.98. The number of amides is 1. The molecule has 2 atom stereocenters. The summed E-state index contributed by atoms with van der Waals surface area (Å²) in [5, 5.41) is 11.5. The lowest BCUT2D eigenvalue weighted by molar-refractivity contribution is -0.140. The van der Waals surface area contributed by atoms with Crippen LogP contribution in [-0.2, 0) is 9.59 Å². The number of carbonyl (C=O) groups is 2. The standard InChI is InChI=1S/C12H20N2O3/c15-11(9-8-10(9)12(16)17)13-4-7-14-5-2-1-3-6-14/h9-10H,1-8H2,(H,13,15)(H,16,17)/t9-,10+/m1/s1. The largest absolute Gasteiger partial charge is 0.481 e. The first-order valence-electron chi connectivity index (χ1n) is 6.41. The predicted octanol–water partition coefficient (Wildman–Crippen LogP) is 0.309. The summed E-state index contributed by atoms with van der Waals surface area (Å²) in [6.07, 6.45) is 4.31. The van der Waals surface area contributed by atoms with Crippen LogP contribution in [0.25, 0.3) is 0 Å². The molecule has 0 spiro atoms. The van der Waals surface area contributed by atoms with Gasteiger partial charge in [0.05, 0.1) is 11.8 Å². The molecule has 0 radical (unpaired) electrons. The maximum absolute atomic E-state index is 11.6. The topological polar surface area (TPSA) is 69.6 Å². The van der Waals surface area contributed by atoms with Gasteiger partial charge in [0.15, 0.2) is 0 Å². The highest BCUT2D eigenvalue weighted by molar-refractivity contribution is 5.89. The average Bonchev–Trinajstić information content (AvgIpc) is 3.10. The molecule has 1 amide bonds. The molecule has 0 unspecified atom stereocenters. The Morgan fingerprint density at radius 3 is 2.47 bits per heavy atom. The molecule has 1 aliphatic carbocycles. The van der Waals surface area contributed by atoms with Crippen LogP contribution >= 0.6 is 0 Å². The molecular formula is C12H20N2O3. The molecule has 5 heteroatoms. The van der Waals surface area contributed by atoms with Gasteiger partial charge in [-0.05, 0) is 32.4 Å². The van der Waals surface area contributed by atoms with Crippen LogP contribution in [0.1, 0.15) is 25.7 Å². The minimum Gasteiger partial charge on any atom is -0.481 e. The first kappa shape index (κ1) is 12.4. The SMILES string of the molecule is O=C(O)[C@H]1C[C@H]1C(=O)NCCN1CCCCC1. The van der Waals surface area contributed by atoms with Crippen molar-refractivity contribution in [1.82, 2.24) is 10.2 Å².